The van der Waals surface area contributed by atoms with E-state index >= 15 is 0 Å². The summed E-state index contributed by atoms with van der Waals surface area (Å²) in [6, 6.07) is 8.41. The van der Waals surface area contributed by atoms with E-state index in [0.717, 1.165) is 6.42 Å². The molecule has 2 rings (SSSR count). The third-order valence-electron chi connectivity index (χ3n) is 2.89. The molecule has 1 aliphatic carbocycles. The average molecular weight is 220 g/mol. The molecule has 0 bridgehead atoms. The number of hydrogen-bond donors (Lipinski definition) is 0. The Morgan fingerprint density at radius 3 is 2.56 bits per heavy atom. The zero-order valence-corrected chi connectivity index (χ0v) is 9.19. The highest BCUT2D eigenvalue weighted by atomic mass is 16.5. The lowest BCUT2D eigenvalue weighted by molar-refractivity contribution is -0.144. The number of ether oxygens (including phenoxy) is 1. The lowest BCUT2D eigenvalue weighted by Gasteiger charge is -2.01. The van der Waals surface area contributed by atoms with E-state index in [4.69, 9.17) is 4.74 Å². The molecule has 1 saturated carbocycles. The minimum absolute atomic E-state index is 0. The second-order valence-electron chi connectivity index (χ2n) is 4.11. The molecule has 2 nitrogen and oxygen atoms in total. The van der Waals surface area contributed by atoms with Crippen LogP contribution >= 0.6 is 0 Å². The molecule has 0 unspecified atom stereocenters. The fraction of sp³-hybridized carbons (Fsp3) is 0.500. The highest BCUT2D eigenvalue weighted by Crippen LogP contribution is 2.48. The van der Waals surface area contributed by atoms with Crippen LogP contribution in [0.3, 0.4) is 0 Å². The smallest absolute Gasteiger partial charge is 0.309 e. The Morgan fingerprint density at radius 2 is 2.00 bits per heavy atom. The van der Waals surface area contributed by atoms with E-state index < -0.39 is 0 Å². The standard InChI is InChI=1S/C13H16O2.CH4/c1-3-15-13(14)12-8-11(12)10-6-4-9(2)5-7-10;/h4-7,11-12H,3,8H2,1-2H3;1H4/t11-,12+;/m1./s1. The van der Waals surface area contributed by atoms with Crippen LogP contribution in [0.25, 0.3) is 0 Å². The van der Waals surface area contributed by atoms with Crippen LogP contribution in [0.15, 0.2) is 24.3 Å². The molecule has 0 heterocycles. The number of benzene rings is 1. The second kappa shape index (κ2) is 5.15. The Balaban J connectivity index is 0.00000128. The van der Waals surface area contributed by atoms with Gasteiger partial charge in [0, 0.05) is 0 Å². The van der Waals surface area contributed by atoms with Crippen molar-refractivity contribution >= 4 is 5.97 Å². The van der Waals surface area contributed by atoms with Gasteiger partial charge in [-0.1, -0.05) is 37.3 Å². The molecule has 1 fully saturated rings. The van der Waals surface area contributed by atoms with Gasteiger partial charge in [-0.2, -0.15) is 0 Å². The lowest BCUT2D eigenvalue weighted by atomic mass is 10.1. The van der Waals surface area contributed by atoms with Crippen LogP contribution in [-0.4, -0.2) is 12.6 Å². The molecule has 0 radical (unpaired) electrons. The first-order valence-corrected chi connectivity index (χ1v) is 5.45. The molecule has 16 heavy (non-hydrogen) atoms. The minimum atomic E-state index is -0.0388. The Bertz CT molecular complexity index is 354. The summed E-state index contributed by atoms with van der Waals surface area (Å²) in [6.45, 7) is 4.40. The molecular formula is C14H20O2. The monoisotopic (exact) mass is 220 g/mol. The van der Waals surface area contributed by atoms with Crippen molar-refractivity contribution in [1.29, 1.82) is 0 Å². The SMILES string of the molecule is C.CCOC(=O)[C@H]1C[C@@H]1c1ccc(C)cc1. The van der Waals surface area contributed by atoms with Crippen molar-refractivity contribution in [1.82, 2.24) is 0 Å². The van der Waals surface area contributed by atoms with Gasteiger partial charge in [-0.15, -0.1) is 0 Å². The van der Waals surface area contributed by atoms with Gasteiger partial charge in [0.2, 0.25) is 0 Å². The molecule has 88 valence electrons. The van der Waals surface area contributed by atoms with Gasteiger partial charge in [-0.05, 0) is 31.7 Å². The predicted molar refractivity (Wildman–Crippen MR) is 65.4 cm³/mol. The van der Waals surface area contributed by atoms with Gasteiger partial charge in [0.15, 0.2) is 0 Å². The third-order valence-corrected chi connectivity index (χ3v) is 2.89. The first-order valence-electron chi connectivity index (χ1n) is 5.45. The van der Waals surface area contributed by atoms with Gasteiger partial charge < -0.3 is 4.74 Å². The fourth-order valence-electron chi connectivity index (χ4n) is 1.89. The first kappa shape index (κ1) is 12.8. The Kier molecular flexibility index (Phi) is 4.11. The van der Waals surface area contributed by atoms with Gasteiger partial charge in [0.1, 0.15) is 0 Å². The predicted octanol–water partition coefficient (Wildman–Crippen LogP) is 3.30. The van der Waals surface area contributed by atoms with Crippen LogP contribution in [0.4, 0.5) is 0 Å². The molecule has 1 aromatic rings. The molecular weight excluding hydrogens is 200 g/mol. The van der Waals surface area contributed by atoms with Crippen LogP contribution in [0, 0.1) is 12.8 Å². The normalized spacial score (nSPS) is 22.1. The van der Waals surface area contributed by atoms with Gasteiger partial charge in [0.05, 0.1) is 12.5 Å². The van der Waals surface area contributed by atoms with Crippen LogP contribution in [0.2, 0.25) is 0 Å². The summed E-state index contributed by atoms with van der Waals surface area (Å²) in [4.78, 5) is 11.4. The number of rotatable bonds is 3. The molecule has 2 atom stereocenters. The van der Waals surface area contributed by atoms with Gasteiger partial charge in [-0.25, -0.2) is 0 Å². The van der Waals surface area contributed by atoms with Crippen molar-refractivity contribution in [3.8, 4) is 0 Å². The molecule has 0 aromatic heterocycles. The topological polar surface area (TPSA) is 26.3 Å². The summed E-state index contributed by atoms with van der Waals surface area (Å²) in [5, 5.41) is 0. The second-order valence-corrected chi connectivity index (χ2v) is 4.11. The van der Waals surface area contributed by atoms with Crippen molar-refractivity contribution in [2.45, 2.75) is 33.6 Å². The Hall–Kier alpha value is -1.31. The van der Waals surface area contributed by atoms with E-state index in [1.807, 2.05) is 6.92 Å². The number of hydrogen-bond acceptors (Lipinski definition) is 2. The maximum Gasteiger partial charge on any atom is 0.309 e. The van der Waals surface area contributed by atoms with E-state index in [1.165, 1.54) is 11.1 Å². The van der Waals surface area contributed by atoms with Crippen LogP contribution in [-0.2, 0) is 9.53 Å². The van der Waals surface area contributed by atoms with Crippen molar-refractivity contribution in [3.63, 3.8) is 0 Å². The molecule has 0 N–H and O–H groups in total. The van der Waals surface area contributed by atoms with Gasteiger partial charge in [-0.3, -0.25) is 4.79 Å². The Morgan fingerprint density at radius 1 is 1.38 bits per heavy atom. The van der Waals surface area contributed by atoms with E-state index in [-0.39, 0.29) is 19.3 Å². The van der Waals surface area contributed by atoms with Crippen molar-refractivity contribution in [2.24, 2.45) is 5.92 Å². The molecule has 2 heteroatoms. The molecule has 0 amide bonds. The molecule has 0 saturated heterocycles. The summed E-state index contributed by atoms with van der Waals surface area (Å²) >= 11 is 0. The molecule has 0 aliphatic heterocycles. The number of esters is 1. The number of aryl methyl sites for hydroxylation is 1. The quantitative estimate of drug-likeness (QED) is 0.731. The maximum absolute atomic E-state index is 11.4. The summed E-state index contributed by atoms with van der Waals surface area (Å²) in [6.07, 6.45) is 0.946. The van der Waals surface area contributed by atoms with E-state index in [1.54, 1.807) is 0 Å². The lowest BCUT2D eigenvalue weighted by Crippen LogP contribution is -2.07. The summed E-state index contributed by atoms with van der Waals surface area (Å²) in [5.41, 5.74) is 2.52. The van der Waals surface area contributed by atoms with Crippen LogP contribution in [0.1, 0.15) is 37.8 Å². The van der Waals surface area contributed by atoms with Crippen molar-refractivity contribution in [3.05, 3.63) is 35.4 Å². The molecule has 1 aliphatic rings. The minimum Gasteiger partial charge on any atom is -0.466 e. The third kappa shape index (κ3) is 2.63. The number of carbonyl (C=O) groups is 1. The maximum atomic E-state index is 11.4. The summed E-state index contributed by atoms with van der Waals surface area (Å²) < 4.78 is 5.00. The van der Waals surface area contributed by atoms with Gasteiger partial charge in [0.25, 0.3) is 0 Å². The molecule has 0 spiro atoms. The fourth-order valence-corrected chi connectivity index (χ4v) is 1.89. The largest absolute Gasteiger partial charge is 0.466 e. The summed E-state index contributed by atoms with van der Waals surface area (Å²) in [5.74, 6) is 0.459. The first-order chi connectivity index (χ1) is 7.22. The van der Waals surface area contributed by atoms with Crippen molar-refractivity contribution in [2.75, 3.05) is 6.61 Å². The summed E-state index contributed by atoms with van der Waals surface area (Å²) in [7, 11) is 0. The van der Waals surface area contributed by atoms with E-state index in [0.29, 0.717) is 12.5 Å². The highest BCUT2D eigenvalue weighted by Gasteiger charge is 2.44. The Labute approximate surface area is 97.6 Å². The zero-order valence-electron chi connectivity index (χ0n) is 9.19. The van der Waals surface area contributed by atoms with Gasteiger partial charge >= 0.3 is 5.97 Å². The highest BCUT2D eigenvalue weighted by molar-refractivity contribution is 5.77. The van der Waals surface area contributed by atoms with E-state index in [9.17, 15) is 4.79 Å². The average Bonchev–Trinajstić information content (AvgIpc) is 2.99. The number of carbonyl (C=O) groups excluding carboxylic acids is 1. The van der Waals surface area contributed by atoms with Crippen LogP contribution < -0.4 is 0 Å². The van der Waals surface area contributed by atoms with Crippen LogP contribution in [0.5, 0.6) is 0 Å². The van der Waals surface area contributed by atoms with E-state index in [2.05, 4.69) is 31.2 Å². The van der Waals surface area contributed by atoms with Crippen molar-refractivity contribution < 1.29 is 9.53 Å². The molecule has 1 aromatic carbocycles. The zero-order chi connectivity index (χ0) is 10.8.